The van der Waals surface area contributed by atoms with Gasteiger partial charge in [0.15, 0.2) is 0 Å². The number of nitrogens with zero attached hydrogens (tertiary/aromatic N) is 1. The highest BCUT2D eigenvalue weighted by Crippen LogP contribution is 2.31. The van der Waals surface area contributed by atoms with Gasteiger partial charge in [0.2, 0.25) is 5.91 Å². The Morgan fingerprint density at radius 2 is 2.25 bits per heavy atom. The van der Waals surface area contributed by atoms with Gasteiger partial charge in [-0.05, 0) is 19.9 Å². The van der Waals surface area contributed by atoms with E-state index in [0.717, 1.165) is 18.8 Å². The smallest absolute Gasteiger partial charge is 0.235 e. The van der Waals surface area contributed by atoms with Crippen LogP contribution in [0.15, 0.2) is 0 Å². The molecule has 1 saturated heterocycles. The first-order valence-electron chi connectivity index (χ1n) is 5.82. The molecule has 94 valence electrons. The van der Waals surface area contributed by atoms with Crippen molar-refractivity contribution in [2.24, 2.45) is 5.84 Å². The first kappa shape index (κ1) is 13.8. The minimum absolute atomic E-state index is 0.0799. The summed E-state index contributed by atoms with van der Waals surface area (Å²) < 4.78 is 0.366. The fourth-order valence-electron chi connectivity index (χ4n) is 1.93. The van der Waals surface area contributed by atoms with Crippen molar-refractivity contribution in [3.8, 4) is 0 Å². The zero-order valence-electron chi connectivity index (χ0n) is 10.5. The fourth-order valence-corrected chi connectivity index (χ4v) is 3.05. The average molecular weight is 245 g/mol. The summed E-state index contributed by atoms with van der Waals surface area (Å²) in [7, 11) is 0. The predicted octanol–water partition coefficient (Wildman–Crippen LogP) is 0.972. The zero-order chi connectivity index (χ0) is 12.2. The van der Waals surface area contributed by atoms with Gasteiger partial charge in [-0.15, -0.1) is 0 Å². The maximum Gasteiger partial charge on any atom is 0.235 e. The van der Waals surface area contributed by atoms with E-state index in [2.05, 4.69) is 31.1 Å². The third-order valence-corrected chi connectivity index (χ3v) is 4.51. The monoisotopic (exact) mass is 245 g/mol. The molecular weight excluding hydrogens is 222 g/mol. The van der Waals surface area contributed by atoms with Gasteiger partial charge in [-0.2, -0.15) is 11.8 Å². The molecule has 4 nitrogen and oxygen atoms in total. The van der Waals surface area contributed by atoms with Crippen LogP contribution in [0, 0.1) is 0 Å². The van der Waals surface area contributed by atoms with Crippen LogP contribution in [0.1, 0.15) is 33.6 Å². The summed E-state index contributed by atoms with van der Waals surface area (Å²) in [6.07, 6.45) is 1.66. The van der Waals surface area contributed by atoms with Gasteiger partial charge >= 0.3 is 0 Å². The maximum absolute atomic E-state index is 11.2. The molecule has 5 heteroatoms. The van der Waals surface area contributed by atoms with Crippen molar-refractivity contribution in [3.63, 3.8) is 0 Å². The van der Waals surface area contributed by atoms with E-state index in [9.17, 15) is 4.79 Å². The lowest BCUT2D eigenvalue weighted by Gasteiger charge is -2.27. The topological polar surface area (TPSA) is 58.4 Å². The highest BCUT2D eigenvalue weighted by atomic mass is 32.2. The molecule has 3 N–H and O–H groups in total. The van der Waals surface area contributed by atoms with Gasteiger partial charge in [0.05, 0.1) is 0 Å². The molecule has 0 aromatic heterocycles. The van der Waals surface area contributed by atoms with Gasteiger partial charge < -0.3 is 0 Å². The molecule has 1 heterocycles. The normalized spacial score (nSPS) is 23.5. The predicted molar refractivity (Wildman–Crippen MR) is 69.1 cm³/mol. The second-order valence-electron chi connectivity index (χ2n) is 5.01. The number of amides is 1. The summed E-state index contributed by atoms with van der Waals surface area (Å²) in [5.74, 6) is 6.16. The molecule has 1 aliphatic rings. The van der Waals surface area contributed by atoms with Crippen LogP contribution in [-0.2, 0) is 4.79 Å². The van der Waals surface area contributed by atoms with E-state index in [4.69, 9.17) is 5.84 Å². The summed E-state index contributed by atoms with van der Waals surface area (Å²) in [6.45, 7) is 8.81. The summed E-state index contributed by atoms with van der Waals surface area (Å²) in [6, 6.07) is 0.276. The third-order valence-electron chi connectivity index (χ3n) is 3.14. The Balaban J connectivity index is 2.45. The summed E-state index contributed by atoms with van der Waals surface area (Å²) >= 11 is 2.02. The number of nitrogens with two attached hydrogens (primary N) is 1. The standard InChI is InChI=1S/C11H23N3OS/c1-9(8-10(15)13-12)14-5-4-11(2,3)16-7-6-14/h9H,4-8,12H2,1-3H3,(H,13,15). The molecule has 1 unspecified atom stereocenters. The number of hydrogen-bond donors (Lipinski definition) is 2. The number of hydrazine groups is 1. The minimum atomic E-state index is -0.0799. The average Bonchev–Trinajstić information content (AvgIpc) is 2.39. The first-order chi connectivity index (χ1) is 7.44. The van der Waals surface area contributed by atoms with Crippen molar-refractivity contribution in [3.05, 3.63) is 0 Å². The van der Waals surface area contributed by atoms with Gasteiger partial charge in [-0.1, -0.05) is 13.8 Å². The van der Waals surface area contributed by atoms with Gasteiger partial charge in [0, 0.05) is 29.5 Å². The highest BCUT2D eigenvalue weighted by Gasteiger charge is 2.26. The molecule has 1 aliphatic heterocycles. The molecule has 0 aromatic rings. The summed E-state index contributed by atoms with van der Waals surface area (Å²) in [5.41, 5.74) is 2.20. The Morgan fingerprint density at radius 3 is 2.88 bits per heavy atom. The Bertz CT molecular complexity index is 245. The fraction of sp³-hybridized carbons (Fsp3) is 0.909. The lowest BCUT2D eigenvalue weighted by molar-refractivity contribution is -0.122. The lowest BCUT2D eigenvalue weighted by Crippen LogP contribution is -2.40. The van der Waals surface area contributed by atoms with E-state index < -0.39 is 0 Å². The van der Waals surface area contributed by atoms with Crippen molar-refractivity contribution >= 4 is 17.7 Å². The molecule has 1 rings (SSSR count). The lowest BCUT2D eigenvalue weighted by atomic mass is 10.1. The first-order valence-corrected chi connectivity index (χ1v) is 6.80. The summed E-state index contributed by atoms with van der Waals surface area (Å²) in [4.78, 5) is 13.6. The number of rotatable bonds is 3. The summed E-state index contributed by atoms with van der Waals surface area (Å²) in [5, 5.41) is 0. The second kappa shape index (κ2) is 5.89. The number of carbonyl (C=O) groups excluding carboxylic acids is 1. The van der Waals surface area contributed by atoms with Crippen LogP contribution in [0.2, 0.25) is 0 Å². The number of nitrogens with one attached hydrogen (secondary N) is 1. The highest BCUT2D eigenvalue weighted by molar-refractivity contribution is 8.00. The molecule has 1 atom stereocenters. The van der Waals surface area contributed by atoms with Crippen molar-refractivity contribution < 1.29 is 4.79 Å². The number of carbonyl (C=O) groups is 1. The Kier molecular flexibility index (Phi) is 5.08. The van der Waals surface area contributed by atoms with Crippen LogP contribution in [0.3, 0.4) is 0 Å². The number of hydrogen-bond acceptors (Lipinski definition) is 4. The molecule has 1 amide bonds. The van der Waals surface area contributed by atoms with Crippen LogP contribution in [0.4, 0.5) is 0 Å². The van der Waals surface area contributed by atoms with E-state index >= 15 is 0 Å². The Labute approximate surface area is 102 Å². The molecule has 0 bridgehead atoms. The van der Waals surface area contributed by atoms with Crippen molar-refractivity contribution in [1.29, 1.82) is 0 Å². The van der Waals surface area contributed by atoms with E-state index in [1.165, 1.54) is 6.42 Å². The second-order valence-corrected chi connectivity index (χ2v) is 6.82. The molecule has 0 spiro atoms. The Morgan fingerprint density at radius 1 is 1.56 bits per heavy atom. The molecule has 0 saturated carbocycles. The maximum atomic E-state index is 11.2. The van der Waals surface area contributed by atoms with Crippen molar-refractivity contribution in [2.45, 2.75) is 44.4 Å². The molecule has 1 fully saturated rings. The van der Waals surface area contributed by atoms with E-state index in [-0.39, 0.29) is 11.9 Å². The Hall–Kier alpha value is -0.260. The van der Waals surface area contributed by atoms with E-state index in [0.29, 0.717) is 11.2 Å². The molecular formula is C11H23N3OS. The van der Waals surface area contributed by atoms with Gasteiger partial charge in [0.1, 0.15) is 0 Å². The quantitative estimate of drug-likeness (QED) is 0.442. The molecule has 0 aliphatic carbocycles. The minimum Gasteiger partial charge on any atom is -0.299 e. The molecule has 0 aromatic carbocycles. The van der Waals surface area contributed by atoms with Gasteiger partial charge in [-0.25, -0.2) is 5.84 Å². The number of thioether (sulfide) groups is 1. The SMILES string of the molecule is CC(CC(=O)NN)N1CCSC(C)(C)CC1. The molecule has 0 radical (unpaired) electrons. The van der Waals surface area contributed by atoms with Crippen LogP contribution in [-0.4, -0.2) is 40.4 Å². The van der Waals surface area contributed by atoms with Crippen LogP contribution in [0.5, 0.6) is 0 Å². The van der Waals surface area contributed by atoms with E-state index in [1.807, 2.05) is 11.8 Å². The van der Waals surface area contributed by atoms with Crippen molar-refractivity contribution in [2.75, 3.05) is 18.8 Å². The third kappa shape index (κ3) is 4.31. The molecule has 16 heavy (non-hydrogen) atoms. The zero-order valence-corrected chi connectivity index (χ0v) is 11.3. The van der Waals surface area contributed by atoms with E-state index in [1.54, 1.807) is 0 Å². The van der Waals surface area contributed by atoms with Gasteiger partial charge in [0.25, 0.3) is 0 Å². The van der Waals surface area contributed by atoms with Crippen LogP contribution in [0.25, 0.3) is 0 Å². The van der Waals surface area contributed by atoms with Gasteiger partial charge in [-0.3, -0.25) is 15.1 Å². The van der Waals surface area contributed by atoms with Crippen LogP contribution >= 0.6 is 11.8 Å². The largest absolute Gasteiger partial charge is 0.299 e. The van der Waals surface area contributed by atoms with Crippen molar-refractivity contribution in [1.82, 2.24) is 10.3 Å². The van der Waals surface area contributed by atoms with Crippen LogP contribution < -0.4 is 11.3 Å².